The van der Waals surface area contributed by atoms with Crippen molar-refractivity contribution in [3.8, 4) is 11.5 Å². The Balaban J connectivity index is 1.27. The first kappa shape index (κ1) is 24.1. The SMILES string of the molecule is CC(C)(COCC(C)(C)c1ccc(OC2CCCC2)cc1)c1ccc(OC2CCCC2)cc1. The molecule has 0 saturated heterocycles. The van der Waals surface area contributed by atoms with Crippen molar-refractivity contribution in [3.05, 3.63) is 59.7 Å². The van der Waals surface area contributed by atoms with Crippen LogP contribution in [0.25, 0.3) is 0 Å². The monoisotopic (exact) mass is 450 g/mol. The average Bonchev–Trinajstić information content (AvgIpc) is 3.49. The second-order valence-corrected chi connectivity index (χ2v) is 11.4. The molecule has 4 rings (SSSR count). The van der Waals surface area contributed by atoms with E-state index in [4.69, 9.17) is 14.2 Å². The van der Waals surface area contributed by atoms with E-state index in [9.17, 15) is 0 Å². The predicted octanol–water partition coefficient (Wildman–Crippen LogP) is 7.60. The van der Waals surface area contributed by atoms with E-state index >= 15 is 0 Å². The van der Waals surface area contributed by atoms with Crippen LogP contribution >= 0.6 is 0 Å². The fourth-order valence-electron chi connectivity index (χ4n) is 5.09. The molecular weight excluding hydrogens is 408 g/mol. The van der Waals surface area contributed by atoms with Crippen LogP contribution in [0.5, 0.6) is 11.5 Å². The summed E-state index contributed by atoms with van der Waals surface area (Å²) < 4.78 is 18.5. The fourth-order valence-corrected chi connectivity index (χ4v) is 5.09. The highest BCUT2D eigenvalue weighted by molar-refractivity contribution is 5.33. The molecule has 0 unspecified atom stereocenters. The van der Waals surface area contributed by atoms with Crippen LogP contribution in [-0.4, -0.2) is 25.4 Å². The first-order valence-electron chi connectivity index (χ1n) is 12.9. The van der Waals surface area contributed by atoms with Crippen LogP contribution < -0.4 is 9.47 Å². The molecule has 0 spiro atoms. The molecule has 2 aromatic rings. The van der Waals surface area contributed by atoms with E-state index in [1.54, 1.807) is 0 Å². The summed E-state index contributed by atoms with van der Waals surface area (Å²) in [5.74, 6) is 1.98. The van der Waals surface area contributed by atoms with Crippen molar-refractivity contribution in [2.24, 2.45) is 0 Å². The van der Waals surface area contributed by atoms with Crippen LogP contribution in [0, 0.1) is 0 Å². The summed E-state index contributed by atoms with van der Waals surface area (Å²) >= 11 is 0. The van der Waals surface area contributed by atoms with E-state index < -0.39 is 0 Å². The van der Waals surface area contributed by atoms with Crippen LogP contribution in [0.3, 0.4) is 0 Å². The highest BCUT2D eigenvalue weighted by atomic mass is 16.5. The Kier molecular flexibility index (Phi) is 7.69. The normalized spacial score (nSPS) is 18.1. The molecule has 180 valence electrons. The number of rotatable bonds is 10. The Hall–Kier alpha value is -2.00. The zero-order valence-corrected chi connectivity index (χ0v) is 21.1. The largest absolute Gasteiger partial charge is 0.490 e. The summed E-state index contributed by atoms with van der Waals surface area (Å²) in [4.78, 5) is 0. The standard InChI is InChI=1S/C30H42O3/c1-29(2,23-13-17-27(18-14-23)32-25-9-5-6-10-25)21-31-22-30(3,4)24-15-19-28(20-16-24)33-26-11-7-8-12-26/h13-20,25-26H,5-12,21-22H2,1-4H3. The number of hydrogen-bond donors (Lipinski definition) is 0. The molecule has 0 atom stereocenters. The molecule has 3 heteroatoms. The van der Waals surface area contributed by atoms with Gasteiger partial charge in [-0.1, -0.05) is 52.0 Å². The zero-order chi connectivity index (χ0) is 23.3. The van der Waals surface area contributed by atoms with Crippen molar-refractivity contribution in [2.75, 3.05) is 13.2 Å². The van der Waals surface area contributed by atoms with Crippen LogP contribution in [-0.2, 0) is 15.6 Å². The summed E-state index contributed by atoms with van der Waals surface area (Å²) in [5.41, 5.74) is 2.46. The summed E-state index contributed by atoms with van der Waals surface area (Å²) in [7, 11) is 0. The molecule has 0 heterocycles. The maximum absolute atomic E-state index is 6.29. The van der Waals surface area contributed by atoms with Gasteiger partial charge in [0.1, 0.15) is 11.5 Å². The summed E-state index contributed by atoms with van der Waals surface area (Å²) in [6.45, 7) is 10.4. The Labute approximate surface area is 200 Å². The highest BCUT2D eigenvalue weighted by Gasteiger charge is 2.26. The van der Waals surface area contributed by atoms with Gasteiger partial charge in [-0.3, -0.25) is 0 Å². The molecule has 33 heavy (non-hydrogen) atoms. The Morgan fingerprint density at radius 2 is 0.909 bits per heavy atom. The smallest absolute Gasteiger partial charge is 0.119 e. The van der Waals surface area contributed by atoms with Crippen molar-refractivity contribution in [1.82, 2.24) is 0 Å². The molecule has 0 aliphatic heterocycles. The topological polar surface area (TPSA) is 27.7 Å². The van der Waals surface area contributed by atoms with Gasteiger partial charge in [0.05, 0.1) is 25.4 Å². The number of hydrogen-bond acceptors (Lipinski definition) is 3. The van der Waals surface area contributed by atoms with E-state index in [1.807, 2.05) is 0 Å². The number of ether oxygens (including phenoxy) is 3. The van der Waals surface area contributed by atoms with Gasteiger partial charge in [-0.15, -0.1) is 0 Å². The van der Waals surface area contributed by atoms with Crippen LogP contribution in [0.1, 0.15) is 90.2 Å². The van der Waals surface area contributed by atoms with E-state index in [1.165, 1.54) is 62.5 Å². The second-order valence-electron chi connectivity index (χ2n) is 11.4. The summed E-state index contributed by atoms with van der Waals surface area (Å²) in [5, 5.41) is 0. The lowest BCUT2D eigenvalue weighted by molar-refractivity contribution is 0.0633. The molecule has 2 fully saturated rings. The summed E-state index contributed by atoms with van der Waals surface area (Å²) in [6.07, 6.45) is 10.7. The van der Waals surface area contributed by atoms with E-state index in [2.05, 4.69) is 76.2 Å². The quantitative estimate of drug-likeness (QED) is 0.373. The van der Waals surface area contributed by atoms with Crippen LogP contribution in [0.4, 0.5) is 0 Å². The minimum Gasteiger partial charge on any atom is -0.490 e. The van der Waals surface area contributed by atoms with Gasteiger partial charge < -0.3 is 14.2 Å². The molecular formula is C30H42O3. The van der Waals surface area contributed by atoms with Gasteiger partial charge in [0.25, 0.3) is 0 Å². The molecule has 3 nitrogen and oxygen atoms in total. The first-order valence-corrected chi connectivity index (χ1v) is 12.9. The molecule has 0 amide bonds. The minimum atomic E-state index is -0.0546. The van der Waals surface area contributed by atoms with Gasteiger partial charge in [0.15, 0.2) is 0 Å². The van der Waals surface area contributed by atoms with Gasteiger partial charge in [0.2, 0.25) is 0 Å². The fraction of sp³-hybridized carbons (Fsp3) is 0.600. The first-order chi connectivity index (χ1) is 15.8. The maximum Gasteiger partial charge on any atom is 0.119 e. The van der Waals surface area contributed by atoms with E-state index in [-0.39, 0.29) is 10.8 Å². The van der Waals surface area contributed by atoms with Gasteiger partial charge in [-0.05, 0) is 86.8 Å². The van der Waals surface area contributed by atoms with Gasteiger partial charge >= 0.3 is 0 Å². The van der Waals surface area contributed by atoms with Crippen molar-refractivity contribution in [2.45, 2.75) is 102 Å². The molecule has 2 aliphatic rings. The van der Waals surface area contributed by atoms with Gasteiger partial charge in [-0.2, -0.15) is 0 Å². The minimum absolute atomic E-state index is 0.0546. The van der Waals surface area contributed by atoms with E-state index in [0.29, 0.717) is 25.4 Å². The molecule has 0 bridgehead atoms. The van der Waals surface area contributed by atoms with Crippen molar-refractivity contribution in [3.63, 3.8) is 0 Å². The lowest BCUT2D eigenvalue weighted by atomic mass is 9.84. The number of benzene rings is 2. The van der Waals surface area contributed by atoms with Gasteiger partial charge in [-0.25, -0.2) is 0 Å². The van der Waals surface area contributed by atoms with Crippen LogP contribution in [0.2, 0.25) is 0 Å². The average molecular weight is 451 g/mol. The third kappa shape index (κ3) is 6.53. The summed E-state index contributed by atoms with van der Waals surface area (Å²) in [6, 6.07) is 17.3. The molecule has 2 aliphatic carbocycles. The van der Waals surface area contributed by atoms with Crippen LogP contribution in [0.15, 0.2) is 48.5 Å². The van der Waals surface area contributed by atoms with Crippen molar-refractivity contribution < 1.29 is 14.2 Å². The zero-order valence-electron chi connectivity index (χ0n) is 21.1. The highest BCUT2D eigenvalue weighted by Crippen LogP contribution is 2.31. The lowest BCUT2D eigenvalue weighted by Gasteiger charge is -2.30. The molecule has 0 aromatic heterocycles. The third-order valence-corrected chi connectivity index (χ3v) is 7.41. The predicted molar refractivity (Wildman–Crippen MR) is 136 cm³/mol. The van der Waals surface area contributed by atoms with Gasteiger partial charge in [0, 0.05) is 10.8 Å². The molecule has 2 saturated carbocycles. The Morgan fingerprint density at radius 3 is 1.24 bits per heavy atom. The Bertz CT molecular complexity index is 781. The molecule has 2 aromatic carbocycles. The van der Waals surface area contributed by atoms with E-state index in [0.717, 1.165) is 11.5 Å². The van der Waals surface area contributed by atoms with Crippen molar-refractivity contribution >= 4 is 0 Å². The lowest BCUT2D eigenvalue weighted by Crippen LogP contribution is -2.30. The maximum atomic E-state index is 6.29. The molecule has 0 N–H and O–H groups in total. The second kappa shape index (κ2) is 10.5. The van der Waals surface area contributed by atoms with Crippen molar-refractivity contribution in [1.29, 1.82) is 0 Å². The third-order valence-electron chi connectivity index (χ3n) is 7.41. The Morgan fingerprint density at radius 1 is 0.576 bits per heavy atom. The molecule has 0 radical (unpaired) electrons.